The van der Waals surface area contributed by atoms with Crippen LogP contribution in [0.15, 0.2) is 0 Å². The summed E-state index contributed by atoms with van der Waals surface area (Å²) in [5.74, 6) is 0. The van der Waals surface area contributed by atoms with E-state index in [2.05, 4.69) is 12.2 Å². The largest absolute Gasteiger partial charge is 0.444 e. The van der Waals surface area contributed by atoms with E-state index in [0.29, 0.717) is 6.04 Å². The molecule has 1 aliphatic rings. The van der Waals surface area contributed by atoms with E-state index in [4.69, 9.17) is 4.74 Å². The number of rotatable bonds is 4. The summed E-state index contributed by atoms with van der Waals surface area (Å²) in [5, 5.41) is 3.30. The molecule has 1 amide bonds. The highest BCUT2D eigenvalue weighted by Gasteiger charge is 2.31. The maximum Gasteiger partial charge on any atom is 0.410 e. The van der Waals surface area contributed by atoms with Gasteiger partial charge in [-0.3, -0.25) is 0 Å². The fraction of sp³-hybridized carbons (Fsp3) is 0.923. The van der Waals surface area contributed by atoms with Gasteiger partial charge in [0.25, 0.3) is 0 Å². The predicted octanol–water partition coefficient (Wildman–Crippen LogP) is 2.39. The van der Waals surface area contributed by atoms with Gasteiger partial charge in [-0.2, -0.15) is 0 Å². The fourth-order valence-corrected chi connectivity index (χ4v) is 2.14. The number of hydrogen-bond acceptors (Lipinski definition) is 3. The molecule has 1 saturated heterocycles. The van der Waals surface area contributed by atoms with Crippen LogP contribution in [0.5, 0.6) is 0 Å². The van der Waals surface area contributed by atoms with Crippen molar-refractivity contribution < 1.29 is 9.53 Å². The number of carbonyl (C=O) groups excluding carboxylic acids is 1. The zero-order valence-electron chi connectivity index (χ0n) is 11.6. The highest BCUT2D eigenvalue weighted by Crippen LogP contribution is 2.22. The zero-order chi connectivity index (χ0) is 12.9. The van der Waals surface area contributed by atoms with Crippen LogP contribution in [0.25, 0.3) is 0 Å². The maximum atomic E-state index is 12.0. The average molecular weight is 242 g/mol. The molecule has 1 aliphatic heterocycles. The summed E-state index contributed by atoms with van der Waals surface area (Å²) in [6, 6.07) is 0.351. The predicted molar refractivity (Wildman–Crippen MR) is 69.1 cm³/mol. The van der Waals surface area contributed by atoms with Crippen LogP contribution >= 0.6 is 0 Å². The lowest BCUT2D eigenvalue weighted by molar-refractivity contribution is 0.0221. The van der Waals surface area contributed by atoms with Crippen molar-refractivity contribution in [3.63, 3.8) is 0 Å². The van der Waals surface area contributed by atoms with Crippen LogP contribution in [0, 0.1) is 0 Å². The van der Waals surface area contributed by atoms with Crippen LogP contribution in [-0.2, 0) is 4.74 Å². The van der Waals surface area contributed by atoms with E-state index in [9.17, 15) is 4.79 Å². The second-order valence-corrected chi connectivity index (χ2v) is 5.61. The first kappa shape index (κ1) is 14.3. The molecule has 1 N–H and O–H groups in total. The molecule has 4 nitrogen and oxygen atoms in total. The third-order valence-corrected chi connectivity index (χ3v) is 2.91. The van der Waals surface area contributed by atoms with Crippen LogP contribution in [0.1, 0.15) is 47.0 Å². The van der Waals surface area contributed by atoms with Gasteiger partial charge in [0, 0.05) is 12.6 Å². The Morgan fingerprint density at radius 1 is 1.47 bits per heavy atom. The number of carbonyl (C=O) groups is 1. The molecule has 0 aromatic carbocycles. The molecule has 0 aromatic heterocycles. The first-order valence-corrected chi connectivity index (χ1v) is 6.64. The highest BCUT2D eigenvalue weighted by molar-refractivity contribution is 5.68. The summed E-state index contributed by atoms with van der Waals surface area (Å²) in [5.41, 5.74) is -0.397. The smallest absolute Gasteiger partial charge is 0.410 e. The minimum absolute atomic E-state index is 0.156. The van der Waals surface area contributed by atoms with Crippen molar-refractivity contribution in [2.45, 2.75) is 58.6 Å². The zero-order valence-corrected chi connectivity index (χ0v) is 11.6. The summed E-state index contributed by atoms with van der Waals surface area (Å²) in [4.78, 5) is 13.9. The molecule has 17 heavy (non-hydrogen) atoms. The summed E-state index contributed by atoms with van der Waals surface area (Å²) in [7, 11) is 0. The minimum atomic E-state index is -0.397. The molecule has 4 heteroatoms. The Bertz CT molecular complexity index is 248. The molecular weight excluding hydrogens is 216 g/mol. The topological polar surface area (TPSA) is 41.6 Å². The molecule has 0 spiro atoms. The van der Waals surface area contributed by atoms with E-state index >= 15 is 0 Å². The quantitative estimate of drug-likeness (QED) is 0.770. The summed E-state index contributed by atoms with van der Waals surface area (Å²) >= 11 is 0. The third kappa shape index (κ3) is 4.94. The van der Waals surface area contributed by atoms with Gasteiger partial charge in [-0.25, -0.2) is 4.79 Å². The molecule has 1 unspecified atom stereocenters. The van der Waals surface area contributed by atoms with Crippen molar-refractivity contribution in [3.8, 4) is 0 Å². The maximum absolute atomic E-state index is 12.0. The molecular formula is C13H26N2O2. The normalized spacial score (nSPS) is 20.7. The van der Waals surface area contributed by atoms with Gasteiger partial charge < -0.3 is 15.0 Å². The Kier molecular flexibility index (Phi) is 5.25. The third-order valence-electron chi connectivity index (χ3n) is 2.91. The molecule has 1 atom stereocenters. The number of hydrogen-bond donors (Lipinski definition) is 1. The molecule has 0 saturated carbocycles. The highest BCUT2D eigenvalue weighted by atomic mass is 16.6. The monoisotopic (exact) mass is 242 g/mol. The van der Waals surface area contributed by atoms with Crippen molar-refractivity contribution in [2.75, 3.05) is 19.6 Å². The molecule has 0 aromatic rings. The molecule has 1 fully saturated rings. The minimum Gasteiger partial charge on any atom is -0.444 e. The van der Waals surface area contributed by atoms with E-state index < -0.39 is 5.60 Å². The van der Waals surface area contributed by atoms with Gasteiger partial charge in [0.15, 0.2) is 0 Å². The summed E-state index contributed by atoms with van der Waals surface area (Å²) in [6.45, 7) is 10.6. The van der Waals surface area contributed by atoms with E-state index in [1.807, 2.05) is 25.7 Å². The van der Waals surface area contributed by atoms with Crippen molar-refractivity contribution in [2.24, 2.45) is 0 Å². The van der Waals surface area contributed by atoms with Crippen LogP contribution < -0.4 is 5.32 Å². The second kappa shape index (κ2) is 6.24. The first-order chi connectivity index (χ1) is 7.94. The van der Waals surface area contributed by atoms with Gasteiger partial charge in [0.05, 0.1) is 0 Å². The average Bonchev–Trinajstić information content (AvgIpc) is 2.64. The van der Waals surface area contributed by atoms with Gasteiger partial charge >= 0.3 is 6.09 Å². The summed E-state index contributed by atoms with van der Waals surface area (Å²) < 4.78 is 5.42. The number of likely N-dealkylation sites (tertiary alicyclic amines) is 1. The number of ether oxygens (including phenoxy) is 1. The fourth-order valence-electron chi connectivity index (χ4n) is 2.14. The van der Waals surface area contributed by atoms with Crippen LogP contribution in [0.3, 0.4) is 0 Å². The van der Waals surface area contributed by atoms with E-state index in [1.165, 1.54) is 0 Å². The van der Waals surface area contributed by atoms with Crippen molar-refractivity contribution in [1.82, 2.24) is 10.2 Å². The van der Waals surface area contributed by atoms with E-state index in [1.54, 1.807) is 0 Å². The van der Waals surface area contributed by atoms with Gasteiger partial charge in [-0.1, -0.05) is 6.92 Å². The Labute approximate surface area is 105 Å². The Morgan fingerprint density at radius 3 is 2.76 bits per heavy atom. The lowest BCUT2D eigenvalue weighted by atomic mass is 10.1. The van der Waals surface area contributed by atoms with Gasteiger partial charge in [-0.05, 0) is 53.1 Å². The van der Waals surface area contributed by atoms with Crippen molar-refractivity contribution in [3.05, 3.63) is 0 Å². The molecule has 1 heterocycles. The van der Waals surface area contributed by atoms with E-state index in [0.717, 1.165) is 38.9 Å². The summed E-state index contributed by atoms with van der Waals surface area (Å²) in [6.07, 6.45) is 3.06. The standard InChI is InChI=1S/C13H26N2O2/c1-5-14-9-8-11-7-6-10-15(11)12(16)17-13(2,3)4/h11,14H,5-10H2,1-4H3. The molecule has 0 radical (unpaired) electrons. The van der Waals surface area contributed by atoms with Crippen molar-refractivity contribution >= 4 is 6.09 Å². The Hall–Kier alpha value is -0.770. The lowest BCUT2D eigenvalue weighted by Gasteiger charge is -2.28. The molecule has 100 valence electrons. The number of nitrogens with zero attached hydrogens (tertiary/aromatic N) is 1. The SMILES string of the molecule is CCNCCC1CCCN1C(=O)OC(C)(C)C. The molecule has 0 aliphatic carbocycles. The second-order valence-electron chi connectivity index (χ2n) is 5.61. The Balaban J connectivity index is 2.42. The first-order valence-electron chi connectivity index (χ1n) is 6.64. The van der Waals surface area contributed by atoms with Crippen LogP contribution in [0.2, 0.25) is 0 Å². The van der Waals surface area contributed by atoms with Crippen LogP contribution in [-0.4, -0.2) is 42.3 Å². The van der Waals surface area contributed by atoms with Crippen molar-refractivity contribution in [1.29, 1.82) is 0 Å². The van der Waals surface area contributed by atoms with Gasteiger partial charge in [0.1, 0.15) is 5.60 Å². The van der Waals surface area contributed by atoms with E-state index in [-0.39, 0.29) is 6.09 Å². The number of nitrogens with one attached hydrogen (secondary N) is 1. The molecule has 0 bridgehead atoms. The number of amides is 1. The molecule has 1 rings (SSSR count). The Morgan fingerprint density at radius 2 is 2.18 bits per heavy atom. The van der Waals surface area contributed by atoms with Gasteiger partial charge in [-0.15, -0.1) is 0 Å². The van der Waals surface area contributed by atoms with Gasteiger partial charge in [0.2, 0.25) is 0 Å². The van der Waals surface area contributed by atoms with Crippen LogP contribution in [0.4, 0.5) is 4.79 Å². The lowest BCUT2D eigenvalue weighted by Crippen LogP contribution is -2.40.